The third-order valence-electron chi connectivity index (χ3n) is 3.13. The van der Waals surface area contributed by atoms with E-state index in [2.05, 4.69) is 25.1 Å². The highest BCUT2D eigenvalue weighted by molar-refractivity contribution is 14.0. The van der Waals surface area contributed by atoms with Gasteiger partial charge in [0.15, 0.2) is 5.96 Å². The number of hydrogen-bond acceptors (Lipinski definition) is 4. The van der Waals surface area contributed by atoms with Crippen molar-refractivity contribution < 1.29 is 27.4 Å². The summed E-state index contributed by atoms with van der Waals surface area (Å²) in [6.07, 6.45) is -4.77. The Labute approximate surface area is 167 Å². The van der Waals surface area contributed by atoms with Crippen LogP contribution in [0.3, 0.4) is 0 Å². The van der Waals surface area contributed by atoms with Crippen LogP contribution < -0.4 is 15.4 Å². The second kappa shape index (κ2) is 11.8. The number of nitrogens with one attached hydrogen (secondary N) is 2. The number of aliphatic imine (C=N–C) groups is 1. The van der Waals surface area contributed by atoms with E-state index in [0.29, 0.717) is 12.5 Å². The van der Waals surface area contributed by atoms with Gasteiger partial charge in [0.25, 0.3) is 0 Å². The zero-order valence-electron chi connectivity index (χ0n) is 14.7. The average molecular weight is 489 g/mol. The topological polar surface area (TPSA) is 72.0 Å². The van der Waals surface area contributed by atoms with Gasteiger partial charge >= 0.3 is 12.3 Å². The number of carbonyl (C=O) groups is 1. The van der Waals surface area contributed by atoms with Gasteiger partial charge in [-0.1, -0.05) is 25.1 Å². The van der Waals surface area contributed by atoms with Crippen LogP contribution >= 0.6 is 24.0 Å². The van der Waals surface area contributed by atoms with E-state index in [4.69, 9.17) is 0 Å². The molecule has 2 N–H and O–H groups in total. The first-order valence-electron chi connectivity index (χ1n) is 7.70. The predicted molar refractivity (Wildman–Crippen MR) is 103 cm³/mol. The monoisotopic (exact) mass is 489 g/mol. The number of nitrogens with zero attached hydrogens (tertiary/aromatic N) is 1. The molecule has 6 nitrogen and oxygen atoms in total. The van der Waals surface area contributed by atoms with Gasteiger partial charge in [0.2, 0.25) is 0 Å². The summed E-state index contributed by atoms with van der Waals surface area (Å²) in [6, 6.07) is 5.80. The molecule has 0 radical (unpaired) electrons. The van der Waals surface area contributed by atoms with Crippen molar-refractivity contribution in [1.29, 1.82) is 0 Å². The summed E-state index contributed by atoms with van der Waals surface area (Å²) in [5.74, 6) is -0.681. The normalized spacial score (nSPS) is 12.6. The second-order valence-electron chi connectivity index (χ2n) is 5.16. The molecule has 0 bridgehead atoms. The number of alkyl halides is 3. The van der Waals surface area contributed by atoms with E-state index in [1.807, 2.05) is 6.92 Å². The zero-order chi connectivity index (χ0) is 18.9. The number of carbonyl (C=O) groups excluding carboxylic acids is 1. The fourth-order valence-electron chi connectivity index (χ4n) is 1.90. The molecule has 1 unspecified atom stereocenters. The Kier molecular flexibility index (Phi) is 11.0. The highest BCUT2D eigenvalue weighted by Gasteiger charge is 2.31. The number of benzene rings is 1. The van der Waals surface area contributed by atoms with E-state index in [-0.39, 0.29) is 54.3 Å². The molecule has 10 heteroatoms. The van der Waals surface area contributed by atoms with Gasteiger partial charge in [0.1, 0.15) is 5.75 Å². The summed E-state index contributed by atoms with van der Waals surface area (Å²) in [5, 5.41) is 5.91. The number of methoxy groups -OCH3 is 1. The molecule has 0 aliphatic rings. The average Bonchev–Trinajstić information content (AvgIpc) is 2.56. The first-order chi connectivity index (χ1) is 11.8. The second-order valence-corrected chi connectivity index (χ2v) is 5.16. The quantitative estimate of drug-likeness (QED) is 0.267. The summed E-state index contributed by atoms with van der Waals surface area (Å²) < 4.78 is 45.9. The first kappa shape index (κ1) is 24.3. The first-order valence-corrected chi connectivity index (χ1v) is 7.70. The number of esters is 1. The molecule has 0 saturated carbocycles. The van der Waals surface area contributed by atoms with Gasteiger partial charge in [0.05, 0.1) is 19.6 Å². The molecule has 148 valence electrons. The molecule has 1 rings (SSSR count). The van der Waals surface area contributed by atoms with Gasteiger partial charge in [-0.05, 0) is 13.0 Å². The molecule has 1 atom stereocenters. The van der Waals surface area contributed by atoms with E-state index < -0.39 is 12.3 Å². The maximum absolute atomic E-state index is 12.4. The molecule has 26 heavy (non-hydrogen) atoms. The van der Waals surface area contributed by atoms with Crippen molar-refractivity contribution in [3.63, 3.8) is 0 Å². The molecule has 0 amide bonds. The smallest absolute Gasteiger partial charge is 0.469 e. The Bertz CT molecular complexity index is 598. The van der Waals surface area contributed by atoms with Crippen LogP contribution in [-0.2, 0) is 16.1 Å². The van der Waals surface area contributed by atoms with Gasteiger partial charge in [-0.3, -0.25) is 4.79 Å². The predicted octanol–water partition coefficient (Wildman–Crippen LogP) is 3.07. The van der Waals surface area contributed by atoms with Crippen LogP contribution in [0.1, 0.15) is 19.4 Å². The number of para-hydroxylation sites is 1. The Balaban J connectivity index is 0.00000625. The molecule has 0 aliphatic carbocycles. The molecule has 0 saturated heterocycles. The maximum Gasteiger partial charge on any atom is 0.573 e. The summed E-state index contributed by atoms with van der Waals surface area (Å²) in [5.41, 5.74) is 0.290. The van der Waals surface area contributed by atoms with Gasteiger partial charge in [0, 0.05) is 18.7 Å². The number of guanidine groups is 1. The van der Waals surface area contributed by atoms with Crippen molar-refractivity contribution in [3.8, 4) is 5.75 Å². The number of hydrogen-bond donors (Lipinski definition) is 2. The van der Waals surface area contributed by atoms with Crippen molar-refractivity contribution in [2.24, 2.45) is 10.9 Å². The molecular formula is C16H23F3IN3O3. The number of rotatable bonds is 7. The van der Waals surface area contributed by atoms with Crippen LogP contribution in [0, 0.1) is 5.92 Å². The zero-order valence-corrected chi connectivity index (χ0v) is 17.1. The highest BCUT2D eigenvalue weighted by atomic mass is 127. The van der Waals surface area contributed by atoms with Crippen molar-refractivity contribution in [2.45, 2.75) is 26.8 Å². The Morgan fingerprint density at radius 3 is 2.50 bits per heavy atom. The molecule has 1 aromatic carbocycles. The van der Waals surface area contributed by atoms with Crippen LogP contribution in [0.25, 0.3) is 0 Å². The summed E-state index contributed by atoms with van der Waals surface area (Å²) >= 11 is 0. The van der Waals surface area contributed by atoms with Crippen molar-refractivity contribution in [3.05, 3.63) is 29.8 Å². The third-order valence-corrected chi connectivity index (χ3v) is 3.13. The minimum absolute atomic E-state index is 0. The van der Waals surface area contributed by atoms with Crippen molar-refractivity contribution in [2.75, 3.05) is 20.2 Å². The Morgan fingerprint density at radius 2 is 1.92 bits per heavy atom. The van der Waals surface area contributed by atoms with Crippen LogP contribution in [0.5, 0.6) is 5.75 Å². The lowest BCUT2D eigenvalue weighted by molar-refractivity contribution is -0.274. The molecule has 1 aromatic rings. The van der Waals surface area contributed by atoms with Gasteiger partial charge in [-0.15, -0.1) is 37.1 Å². The van der Waals surface area contributed by atoms with Gasteiger partial charge < -0.3 is 20.1 Å². The minimum atomic E-state index is -4.77. The fraction of sp³-hybridized carbons (Fsp3) is 0.500. The van der Waals surface area contributed by atoms with E-state index in [0.717, 1.165) is 0 Å². The third kappa shape index (κ3) is 9.11. The summed E-state index contributed by atoms with van der Waals surface area (Å²) in [7, 11) is 1.30. The lowest BCUT2D eigenvalue weighted by Crippen LogP contribution is -2.40. The molecule has 0 spiro atoms. The largest absolute Gasteiger partial charge is 0.573 e. The summed E-state index contributed by atoms with van der Waals surface area (Å²) in [4.78, 5) is 15.6. The molecule has 0 aromatic heterocycles. The van der Waals surface area contributed by atoms with Crippen LogP contribution in [0.15, 0.2) is 29.3 Å². The van der Waals surface area contributed by atoms with Crippen LogP contribution in [0.4, 0.5) is 13.2 Å². The number of ether oxygens (including phenoxy) is 2. The van der Waals surface area contributed by atoms with E-state index >= 15 is 0 Å². The standard InChI is InChI=1S/C16H22F3N3O3.HI/c1-4-20-15(21-9-11(2)14(23)24-3)22-10-12-7-5-6-8-13(12)25-16(17,18)19;/h5-8,11H,4,9-10H2,1-3H3,(H2,20,21,22);1H. The van der Waals surface area contributed by atoms with Gasteiger partial charge in [-0.25, -0.2) is 4.99 Å². The fourth-order valence-corrected chi connectivity index (χ4v) is 1.90. The van der Waals surface area contributed by atoms with Crippen LogP contribution in [0.2, 0.25) is 0 Å². The van der Waals surface area contributed by atoms with Gasteiger partial charge in [-0.2, -0.15) is 0 Å². The molecule has 0 heterocycles. The molecule has 0 fully saturated rings. The van der Waals surface area contributed by atoms with E-state index in [1.54, 1.807) is 13.0 Å². The van der Waals surface area contributed by atoms with Crippen molar-refractivity contribution in [1.82, 2.24) is 10.6 Å². The Hall–Kier alpha value is -1.72. The number of halogens is 4. The molecular weight excluding hydrogens is 466 g/mol. The molecule has 0 aliphatic heterocycles. The lowest BCUT2D eigenvalue weighted by Gasteiger charge is -2.15. The minimum Gasteiger partial charge on any atom is -0.469 e. The Morgan fingerprint density at radius 1 is 1.27 bits per heavy atom. The van der Waals surface area contributed by atoms with Crippen molar-refractivity contribution >= 4 is 35.9 Å². The summed E-state index contributed by atoms with van der Waals surface area (Å²) in [6.45, 7) is 4.35. The van der Waals surface area contributed by atoms with E-state index in [1.165, 1.54) is 25.3 Å². The van der Waals surface area contributed by atoms with E-state index in [9.17, 15) is 18.0 Å². The lowest BCUT2D eigenvalue weighted by atomic mass is 10.2. The maximum atomic E-state index is 12.4. The SMILES string of the molecule is CCNC(=NCc1ccccc1OC(F)(F)F)NCC(C)C(=O)OC.I. The van der Waals surface area contributed by atoms with Crippen LogP contribution in [-0.4, -0.2) is 38.5 Å². The highest BCUT2D eigenvalue weighted by Crippen LogP contribution is 2.26.